The molecule has 0 radical (unpaired) electrons. The smallest absolute Gasteiger partial charge is 0.111 e. The lowest BCUT2D eigenvalue weighted by atomic mass is 10.0. The molecule has 1 heterocycles. The van der Waals surface area contributed by atoms with Gasteiger partial charge in [0.1, 0.15) is 18.3 Å². The van der Waals surface area contributed by atoms with Gasteiger partial charge in [-0.25, -0.2) is 0 Å². The maximum Gasteiger partial charge on any atom is 0.111 e. The van der Waals surface area contributed by atoms with Gasteiger partial charge in [-0.2, -0.15) is 0 Å². The van der Waals surface area contributed by atoms with Gasteiger partial charge >= 0.3 is 0 Å². The Hall–Kier alpha value is 0.570. The third kappa shape index (κ3) is 2.03. The van der Waals surface area contributed by atoms with Crippen LogP contribution >= 0.6 is 22.6 Å². The number of rotatable bonds is 1. The standard InChI is InChI=1S/C6H11IO4/c7-1-4-6(10)5(9)3(8)2-11-4/h3-6,8-10H,1-2H2. The van der Waals surface area contributed by atoms with Crippen molar-refractivity contribution in [3.63, 3.8) is 0 Å². The molecule has 4 unspecified atom stereocenters. The zero-order valence-electron chi connectivity index (χ0n) is 5.85. The van der Waals surface area contributed by atoms with E-state index in [1.807, 2.05) is 0 Å². The molecule has 1 fully saturated rings. The number of aliphatic hydroxyl groups is 3. The van der Waals surface area contributed by atoms with Gasteiger partial charge in [-0.1, -0.05) is 22.6 Å². The van der Waals surface area contributed by atoms with Gasteiger partial charge in [-0.05, 0) is 0 Å². The molecule has 1 rings (SSSR count). The van der Waals surface area contributed by atoms with Crippen molar-refractivity contribution in [2.75, 3.05) is 11.0 Å². The Morgan fingerprint density at radius 1 is 1.27 bits per heavy atom. The maximum atomic E-state index is 9.27. The molecule has 5 heteroatoms. The van der Waals surface area contributed by atoms with E-state index in [0.717, 1.165) is 0 Å². The first-order valence-electron chi connectivity index (χ1n) is 3.38. The van der Waals surface area contributed by atoms with Crippen LogP contribution in [0.2, 0.25) is 0 Å². The number of alkyl halides is 1. The van der Waals surface area contributed by atoms with Crippen LogP contribution in [0, 0.1) is 0 Å². The zero-order chi connectivity index (χ0) is 8.43. The molecule has 0 saturated carbocycles. The predicted molar refractivity (Wildman–Crippen MR) is 46.6 cm³/mol. The van der Waals surface area contributed by atoms with Gasteiger partial charge in [-0.15, -0.1) is 0 Å². The Kier molecular flexibility index (Phi) is 3.51. The van der Waals surface area contributed by atoms with E-state index in [1.54, 1.807) is 0 Å². The zero-order valence-corrected chi connectivity index (χ0v) is 8.01. The number of aliphatic hydroxyl groups excluding tert-OH is 3. The molecule has 0 spiro atoms. The summed E-state index contributed by atoms with van der Waals surface area (Å²) in [6, 6.07) is 0. The first-order valence-corrected chi connectivity index (χ1v) is 4.91. The Morgan fingerprint density at radius 3 is 2.45 bits per heavy atom. The van der Waals surface area contributed by atoms with E-state index in [0.29, 0.717) is 4.43 Å². The number of hydrogen-bond donors (Lipinski definition) is 3. The second-order valence-electron chi connectivity index (χ2n) is 2.57. The highest BCUT2D eigenvalue weighted by Gasteiger charge is 2.36. The molecule has 0 aromatic heterocycles. The minimum atomic E-state index is -1.07. The number of ether oxygens (including phenoxy) is 1. The summed E-state index contributed by atoms with van der Waals surface area (Å²) in [7, 11) is 0. The van der Waals surface area contributed by atoms with Crippen LogP contribution in [0.4, 0.5) is 0 Å². The van der Waals surface area contributed by atoms with Crippen LogP contribution in [-0.2, 0) is 4.74 Å². The van der Waals surface area contributed by atoms with E-state index in [1.165, 1.54) is 0 Å². The Labute approximate surface area is 78.3 Å². The topological polar surface area (TPSA) is 69.9 Å². The Bertz CT molecular complexity index is 130. The van der Waals surface area contributed by atoms with Crippen molar-refractivity contribution < 1.29 is 20.1 Å². The highest BCUT2D eigenvalue weighted by atomic mass is 127. The van der Waals surface area contributed by atoms with E-state index in [4.69, 9.17) is 14.9 Å². The average Bonchev–Trinajstić information content (AvgIpc) is 2.01. The van der Waals surface area contributed by atoms with Crippen LogP contribution in [0.25, 0.3) is 0 Å². The monoisotopic (exact) mass is 274 g/mol. The summed E-state index contributed by atoms with van der Waals surface area (Å²) in [5.41, 5.74) is 0. The van der Waals surface area contributed by atoms with Gasteiger partial charge in [0, 0.05) is 4.43 Å². The molecule has 11 heavy (non-hydrogen) atoms. The predicted octanol–water partition coefficient (Wildman–Crippen LogP) is -1.10. The van der Waals surface area contributed by atoms with Crippen LogP contribution in [0.5, 0.6) is 0 Å². The fraction of sp³-hybridized carbons (Fsp3) is 1.00. The van der Waals surface area contributed by atoms with Crippen LogP contribution < -0.4 is 0 Å². The van der Waals surface area contributed by atoms with E-state index < -0.39 is 18.3 Å². The third-order valence-corrected chi connectivity index (χ3v) is 2.63. The minimum absolute atomic E-state index is 0.103. The van der Waals surface area contributed by atoms with Gasteiger partial charge in [0.2, 0.25) is 0 Å². The van der Waals surface area contributed by atoms with Gasteiger partial charge < -0.3 is 20.1 Å². The molecule has 66 valence electrons. The van der Waals surface area contributed by atoms with E-state index in [9.17, 15) is 5.11 Å². The number of halogens is 1. The summed E-state index contributed by atoms with van der Waals surface area (Å²) in [6.07, 6.45) is -3.34. The molecule has 1 aliphatic rings. The fourth-order valence-electron chi connectivity index (χ4n) is 1.00. The molecule has 1 saturated heterocycles. The van der Waals surface area contributed by atoms with E-state index in [2.05, 4.69) is 22.6 Å². The normalized spacial score (nSPS) is 45.8. The summed E-state index contributed by atoms with van der Waals surface area (Å²) in [6.45, 7) is 0.103. The molecule has 0 amide bonds. The largest absolute Gasteiger partial charge is 0.388 e. The van der Waals surface area contributed by atoms with Crippen LogP contribution in [0.1, 0.15) is 0 Å². The maximum absolute atomic E-state index is 9.27. The lowest BCUT2D eigenvalue weighted by molar-refractivity contribution is -0.179. The lowest BCUT2D eigenvalue weighted by Gasteiger charge is -2.34. The van der Waals surface area contributed by atoms with Crippen molar-refractivity contribution >= 4 is 22.6 Å². The van der Waals surface area contributed by atoms with Crippen molar-refractivity contribution in [3.05, 3.63) is 0 Å². The second-order valence-corrected chi connectivity index (χ2v) is 3.46. The Balaban J connectivity index is 2.52. The Morgan fingerprint density at radius 2 is 1.91 bits per heavy atom. The SMILES string of the molecule is OC1COC(CI)C(O)C1O. The van der Waals surface area contributed by atoms with Crippen LogP contribution in [0.3, 0.4) is 0 Å². The van der Waals surface area contributed by atoms with E-state index >= 15 is 0 Å². The molecule has 0 bridgehead atoms. The highest BCUT2D eigenvalue weighted by molar-refractivity contribution is 14.1. The van der Waals surface area contributed by atoms with Crippen LogP contribution in [0.15, 0.2) is 0 Å². The minimum Gasteiger partial charge on any atom is -0.388 e. The summed E-state index contributed by atoms with van der Waals surface area (Å²) >= 11 is 2.06. The highest BCUT2D eigenvalue weighted by Crippen LogP contribution is 2.16. The van der Waals surface area contributed by atoms with Gasteiger partial charge in [-0.3, -0.25) is 0 Å². The summed E-state index contributed by atoms with van der Waals surface area (Å²) in [5, 5.41) is 27.5. The molecule has 0 aromatic rings. The summed E-state index contributed by atoms with van der Waals surface area (Å²) in [5.74, 6) is 0. The van der Waals surface area contributed by atoms with Crippen molar-refractivity contribution in [2.24, 2.45) is 0 Å². The number of hydrogen-bond acceptors (Lipinski definition) is 4. The van der Waals surface area contributed by atoms with Crippen molar-refractivity contribution in [1.82, 2.24) is 0 Å². The van der Waals surface area contributed by atoms with Crippen molar-refractivity contribution in [1.29, 1.82) is 0 Å². The molecular formula is C6H11IO4. The average molecular weight is 274 g/mol. The van der Waals surface area contributed by atoms with E-state index in [-0.39, 0.29) is 12.7 Å². The summed E-state index contributed by atoms with van der Waals surface area (Å²) < 4.78 is 5.67. The van der Waals surface area contributed by atoms with Crippen LogP contribution in [-0.4, -0.2) is 50.8 Å². The molecule has 0 aliphatic carbocycles. The lowest BCUT2D eigenvalue weighted by Crippen LogP contribution is -2.53. The molecule has 0 aromatic carbocycles. The first-order chi connectivity index (χ1) is 5.16. The second kappa shape index (κ2) is 3.99. The quantitative estimate of drug-likeness (QED) is 0.419. The fourth-order valence-corrected chi connectivity index (χ4v) is 1.78. The van der Waals surface area contributed by atoms with Gasteiger partial charge in [0.05, 0.1) is 12.7 Å². The third-order valence-electron chi connectivity index (χ3n) is 1.76. The molecule has 4 nitrogen and oxygen atoms in total. The summed E-state index contributed by atoms with van der Waals surface area (Å²) in [4.78, 5) is 0. The molecule has 4 atom stereocenters. The van der Waals surface area contributed by atoms with Gasteiger partial charge in [0.25, 0.3) is 0 Å². The van der Waals surface area contributed by atoms with Gasteiger partial charge in [0.15, 0.2) is 0 Å². The first kappa shape index (κ1) is 9.66. The molecule has 3 N–H and O–H groups in total. The molecular weight excluding hydrogens is 263 g/mol. The van der Waals surface area contributed by atoms with Crippen molar-refractivity contribution in [3.8, 4) is 0 Å². The van der Waals surface area contributed by atoms with Crippen molar-refractivity contribution in [2.45, 2.75) is 24.4 Å². The molecule has 1 aliphatic heterocycles.